The maximum atomic E-state index is 11.6. The Labute approximate surface area is 162 Å². The number of ether oxygens (including phenoxy) is 1. The molecule has 1 unspecified atom stereocenters. The number of anilines is 1. The van der Waals surface area contributed by atoms with Crippen molar-refractivity contribution in [2.24, 2.45) is 11.5 Å². The van der Waals surface area contributed by atoms with Crippen molar-refractivity contribution < 1.29 is 9.53 Å². The molecular weight excluding hydrogens is 391 g/mol. The minimum atomic E-state index is -0.525. The van der Waals surface area contributed by atoms with Crippen molar-refractivity contribution in [2.75, 3.05) is 5.32 Å². The van der Waals surface area contributed by atoms with E-state index in [1.807, 2.05) is 0 Å². The van der Waals surface area contributed by atoms with Gasteiger partial charge in [-0.25, -0.2) is 0 Å². The van der Waals surface area contributed by atoms with Crippen LogP contribution in [0, 0.1) is 0 Å². The smallest absolute Gasteiger partial charge is 0.249 e. The van der Waals surface area contributed by atoms with Crippen LogP contribution >= 0.6 is 33.1 Å². The zero-order valence-corrected chi connectivity index (χ0v) is 16.1. The fourth-order valence-corrected chi connectivity index (χ4v) is 3.12. The molecule has 0 bridgehead atoms. The van der Waals surface area contributed by atoms with Crippen molar-refractivity contribution in [3.63, 3.8) is 0 Å². The van der Waals surface area contributed by atoms with E-state index in [4.69, 9.17) is 40.0 Å². The predicted molar refractivity (Wildman–Crippen MR) is 112 cm³/mol. The van der Waals surface area contributed by atoms with Gasteiger partial charge in [-0.05, 0) is 47.9 Å². The minimum Gasteiger partial charge on any atom is -0.457 e. The lowest BCUT2D eigenvalue weighted by molar-refractivity contribution is 0.100. The summed E-state index contributed by atoms with van der Waals surface area (Å²) in [5.41, 5.74) is 12.5. The van der Waals surface area contributed by atoms with Crippen LogP contribution in [0.2, 0.25) is 5.02 Å². The molecule has 0 fully saturated rings. The maximum Gasteiger partial charge on any atom is 0.249 e. The van der Waals surface area contributed by atoms with Gasteiger partial charge in [-0.2, -0.15) is 0 Å². The fourth-order valence-electron chi connectivity index (χ4n) is 2.41. The molecule has 0 saturated carbocycles. The van der Waals surface area contributed by atoms with E-state index < -0.39 is 5.91 Å². The Hall–Kier alpha value is -2.47. The topological polar surface area (TPSA) is 103 Å². The van der Waals surface area contributed by atoms with Crippen LogP contribution in [0.15, 0.2) is 42.6 Å². The summed E-state index contributed by atoms with van der Waals surface area (Å²) in [7, 11) is 2.48. The second-order valence-electron chi connectivity index (χ2n) is 5.36. The predicted octanol–water partition coefficient (Wildman–Crippen LogP) is 2.94. The lowest BCUT2D eigenvalue weighted by atomic mass is 10.1. The van der Waals surface area contributed by atoms with Crippen LogP contribution in [0.1, 0.15) is 10.4 Å². The third-order valence-corrected chi connectivity index (χ3v) is 4.46. The van der Waals surface area contributed by atoms with Crippen molar-refractivity contribution >= 4 is 66.0 Å². The number of carbonyl (C=O) groups excluding carboxylic acids is 1. The zero-order valence-electron chi connectivity index (χ0n) is 13.3. The van der Waals surface area contributed by atoms with E-state index in [2.05, 4.69) is 19.5 Å². The van der Waals surface area contributed by atoms with Gasteiger partial charge in [0, 0.05) is 23.2 Å². The molecule has 0 spiro atoms. The highest BCUT2D eigenvalue weighted by molar-refractivity contribution is 7.80. The number of rotatable bonds is 4. The van der Waals surface area contributed by atoms with Crippen LogP contribution in [-0.2, 0) is 0 Å². The molecule has 1 heterocycles. The Kier molecular flexibility index (Phi) is 5.23. The second kappa shape index (κ2) is 7.41. The number of pyridine rings is 1. The molecule has 2 aromatic carbocycles. The number of hydrogen-bond donors (Lipinski definition) is 3. The molecule has 3 aromatic rings. The number of benzene rings is 2. The van der Waals surface area contributed by atoms with Gasteiger partial charge in [-0.3, -0.25) is 9.78 Å². The number of amides is 1. The summed E-state index contributed by atoms with van der Waals surface area (Å²) in [5, 5.41) is 4.63. The number of aromatic nitrogens is 1. The molecule has 0 radical (unpaired) electrons. The summed E-state index contributed by atoms with van der Waals surface area (Å²) in [6.45, 7) is 0. The lowest BCUT2D eigenvalue weighted by Gasteiger charge is -2.12. The van der Waals surface area contributed by atoms with E-state index in [0.717, 1.165) is 0 Å². The number of nitrogens with one attached hydrogen (secondary N) is 1. The first-order valence-corrected chi connectivity index (χ1v) is 8.73. The molecular formula is C17H14ClN4O2PS. The number of primary amides is 1. The van der Waals surface area contributed by atoms with Crippen LogP contribution < -0.4 is 26.8 Å². The molecule has 0 saturated heterocycles. The molecule has 0 aliphatic rings. The molecule has 9 heteroatoms. The summed E-state index contributed by atoms with van der Waals surface area (Å²) >= 11 is 11.0. The third-order valence-electron chi connectivity index (χ3n) is 3.56. The van der Waals surface area contributed by atoms with Gasteiger partial charge in [0.25, 0.3) is 0 Å². The second-order valence-corrected chi connectivity index (χ2v) is 6.83. The van der Waals surface area contributed by atoms with Gasteiger partial charge in [-0.1, -0.05) is 11.6 Å². The number of hydrogen-bond acceptors (Lipinski definition) is 4. The van der Waals surface area contributed by atoms with Gasteiger partial charge in [0.1, 0.15) is 11.5 Å². The average molecular weight is 405 g/mol. The number of nitrogens with two attached hydrogens (primary N) is 2. The van der Waals surface area contributed by atoms with Gasteiger partial charge in [0.05, 0.1) is 16.2 Å². The van der Waals surface area contributed by atoms with Gasteiger partial charge >= 0.3 is 0 Å². The summed E-state index contributed by atoms with van der Waals surface area (Å²) in [4.78, 5) is 15.9. The minimum absolute atomic E-state index is 0.118. The van der Waals surface area contributed by atoms with E-state index in [0.29, 0.717) is 44.0 Å². The van der Waals surface area contributed by atoms with E-state index in [9.17, 15) is 4.79 Å². The summed E-state index contributed by atoms with van der Waals surface area (Å²) < 4.78 is 5.93. The summed E-state index contributed by atoms with van der Waals surface area (Å²) in [5.74, 6) is 0.503. The fraction of sp³-hybridized carbons (Fsp3) is 0. The summed E-state index contributed by atoms with van der Waals surface area (Å²) in [6, 6.07) is 10.2. The lowest BCUT2D eigenvalue weighted by Crippen LogP contribution is -2.19. The number of carbonyl (C=O) groups is 1. The van der Waals surface area contributed by atoms with E-state index >= 15 is 0 Å². The molecule has 1 aromatic heterocycles. The van der Waals surface area contributed by atoms with Crippen molar-refractivity contribution in [3.05, 3.63) is 53.2 Å². The van der Waals surface area contributed by atoms with E-state index in [-0.39, 0.29) is 5.11 Å². The first kappa shape index (κ1) is 18.3. The molecule has 6 nitrogen and oxygen atoms in total. The van der Waals surface area contributed by atoms with Crippen LogP contribution in [0.25, 0.3) is 10.9 Å². The highest BCUT2D eigenvalue weighted by atomic mass is 35.5. The van der Waals surface area contributed by atoms with Crippen molar-refractivity contribution in [3.8, 4) is 11.5 Å². The first-order valence-electron chi connectivity index (χ1n) is 7.37. The number of nitrogens with zero attached hydrogens (tertiary/aromatic N) is 1. The number of halogens is 1. The first-order chi connectivity index (χ1) is 12.3. The van der Waals surface area contributed by atoms with E-state index in [1.165, 1.54) is 0 Å². The van der Waals surface area contributed by atoms with Gasteiger partial charge in [0.15, 0.2) is 5.11 Å². The van der Waals surface area contributed by atoms with Crippen LogP contribution in [0.5, 0.6) is 11.5 Å². The number of thiocarbonyl (C=S) groups is 1. The Morgan fingerprint density at radius 2 is 2.00 bits per heavy atom. The standard InChI is InChI=1S/C17H14ClN4O2PS/c18-11-5-8(1-2-12(11)22-17(20)26)24-14-3-4-21-13-7-15(25)10(16(19)23)6-9(13)14/h1-7H,25H2,(H2,19,23)(H3,20,22,26). The molecule has 0 aliphatic heterocycles. The Morgan fingerprint density at radius 1 is 1.23 bits per heavy atom. The van der Waals surface area contributed by atoms with Gasteiger partial charge < -0.3 is 21.5 Å². The Bertz CT molecular complexity index is 1040. The number of fused-ring (bicyclic) bond motifs is 1. The Morgan fingerprint density at radius 3 is 2.65 bits per heavy atom. The normalized spacial score (nSPS) is 10.5. The van der Waals surface area contributed by atoms with E-state index in [1.54, 1.807) is 42.6 Å². The highest BCUT2D eigenvalue weighted by Gasteiger charge is 2.12. The molecule has 1 atom stereocenters. The van der Waals surface area contributed by atoms with Crippen molar-refractivity contribution in [1.29, 1.82) is 0 Å². The Balaban J connectivity index is 2.01. The largest absolute Gasteiger partial charge is 0.457 e. The average Bonchev–Trinajstić information content (AvgIpc) is 2.56. The molecule has 26 heavy (non-hydrogen) atoms. The highest BCUT2D eigenvalue weighted by Crippen LogP contribution is 2.33. The van der Waals surface area contributed by atoms with Gasteiger partial charge in [-0.15, -0.1) is 9.24 Å². The van der Waals surface area contributed by atoms with Gasteiger partial charge in [0.2, 0.25) is 5.91 Å². The maximum absolute atomic E-state index is 11.6. The SMILES string of the molecule is NC(=O)c1cc2c(Oc3ccc(NC(N)=S)c(Cl)c3)ccnc2cc1P. The summed E-state index contributed by atoms with van der Waals surface area (Å²) in [6.07, 6.45) is 1.62. The van der Waals surface area contributed by atoms with Crippen LogP contribution in [0.3, 0.4) is 0 Å². The zero-order chi connectivity index (χ0) is 18.8. The third kappa shape index (κ3) is 3.85. The molecule has 0 aliphatic carbocycles. The molecule has 1 amide bonds. The molecule has 5 N–H and O–H groups in total. The van der Waals surface area contributed by atoms with Crippen molar-refractivity contribution in [1.82, 2.24) is 4.98 Å². The molecule has 132 valence electrons. The van der Waals surface area contributed by atoms with Crippen LogP contribution in [0.4, 0.5) is 5.69 Å². The quantitative estimate of drug-likeness (QED) is 0.456. The molecule has 3 rings (SSSR count). The van der Waals surface area contributed by atoms with Crippen molar-refractivity contribution in [2.45, 2.75) is 0 Å². The monoisotopic (exact) mass is 404 g/mol. The van der Waals surface area contributed by atoms with Crippen LogP contribution in [-0.4, -0.2) is 16.0 Å².